The van der Waals surface area contributed by atoms with E-state index in [-0.39, 0.29) is 24.1 Å². The first kappa shape index (κ1) is 19.7. The van der Waals surface area contributed by atoms with Gasteiger partial charge in [0.25, 0.3) is 0 Å². The number of benzene rings is 1. The smallest absolute Gasteiger partial charge is 0.232 e. The highest BCUT2D eigenvalue weighted by Gasteiger charge is 2.08. The maximum absolute atomic E-state index is 11.6. The Kier molecular flexibility index (Phi) is 9.00. The first-order valence-electron chi connectivity index (χ1n) is 6.57. The molecular formula is C13H22ClN3O3S. The van der Waals surface area contributed by atoms with Crippen molar-refractivity contribution >= 4 is 39.7 Å². The third kappa shape index (κ3) is 7.89. The molecule has 0 atom stereocenters. The highest BCUT2D eigenvalue weighted by Crippen LogP contribution is 2.15. The summed E-state index contributed by atoms with van der Waals surface area (Å²) in [4.78, 5) is 11.5. The molecule has 1 rings (SSSR count). The Morgan fingerprint density at radius 3 is 2.29 bits per heavy atom. The molecule has 0 aliphatic rings. The molecule has 0 aliphatic carbocycles. The molecule has 120 valence electrons. The van der Waals surface area contributed by atoms with Crippen LogP contribution in [0.25, 0.3) is 0 Å². The zero-order valence-corrected chi connectivity index (χ0v) is 13.6. The highest BCUT2D eigenvalue weighted by atomic mass is 35.5. The molecule has 4 N–H and O–H groups in total. The molecule has 0 spiro atoms. The van der Waals surface area contributed by atoms with E-state index in [1.807, 2.05) is 0 Å². The van der Waals surface area contributed by atoms with Crippen LogP contribution >= 0.6 is 12.4 Å². The minimum atomic E-state index is -3.28. The minimum absolute atomic E-state index is 0. The van der Waals surface area contributed by atoms with Crippen LogP contribution in [0.5, 0.6) is 0 Å². The van der Waals surface area contributed by atoms with Gasteiger partial charge in [-0.1, -0.05) is 6.92 Å². The summed E-state index contributed by atoms with van der Waals surface area (Å²) in [5.41, 5.74) is 6.44. The third-order valence-corrected chi connectivity index (χ3v) is 4.02. The monoisotopic (exact) mass is 335 g/mol. The Morgan fingerprint density at radius 2 is 1.76 bits per heavy atom. The van der Waals surface area contributed by atoms with Crippen molar-refractivity contribution in [1.29, 1.82) is 0 Å². The van der Waals surface area contributed by atoms with Gasteiger partial charge in [-0.3, -0.25) is 9.52 Å². The largest absolute Gasteiger partial charge is 0.330 e. The van der Waals surface area contributed by atoms with Crippen LogP contribution in [0.2, 0.25) is 0 Å². The SMILES string of the molecule is CCCS(=O)(=O)Nc1ccc(NC(=O)CCCN)cc1.Cl. The molecular weight excluding hydrogens is 314 g/mol. The van der Waals surface area contributed by atoms with Gasteiger partial charge in [0.05, 0.1) is 5.75 Å². The third-order valence-electron chi connectivity index (χ3n) is 2.52. The summed E-state index contributed by atoms with van der Waals surface area (Å²) in [7, 11) is -3.28. The van der Waals surface area contributed by atoms with Crippen LogP contribution in [0, 0.1) is 0 Å². The molecule has 0 aliphatic heterocycles. The van der Waals surface area contributed by atoms with Gasteiger partial charge in [0, 0.05) is 17.8 Å². The maximum Gasteiger partial charge on any atom is 0.232 e. The minimum Gasteiger partial charge on any atom is -0.330 e. The second-order valence-corrected chi connectivity index (χ2v) is 6.28. The molecule has 0 aromatic heterocycles. The Balaban J connectivity index is 0.00000400. The molecule has 0 heterocycles. The number of hydrogen-bond acceptors (Lipinski definition) is 4. The lowest BCUT2D eigenvalue weighted by atomic mass is 10.2. The van der Waals surface area contributed by atoms with Crippen molar-refractivity contribution in [2.75, 3.05) is 22.3 Å². The molecule has 0 fully saturated rings. The number of hydrogen-bond donors (Lipinski definition) is 3. The van der Waals surface area contributed by atoms with Gasteiger partial charge in [-0.2, -0.15) is 0 Å². The summed E-state index contributed by atoms with van der Waals surface area (Å²) in [6.07, 6.45) is 1.58. The van der Waals surface area contributed by atoms with Gasteiger partial charge in [-0.15, -0.1) is 12.4 Å². The number of carbonyl (C=O) groups is 1. The number of nitrogens with two attached hydrogens (primary N) is 1. The summed E-state index contributed by atoms with van der Waals surface area (Å²) in [5, 5.41) is 2.72. The van der Waals surface area contributed by atoms with Crippen molar-refractivity contribution in [3.05, 3.63) is 24.3 Å². The van der Waals surface area contributed by atoms with E-state index in [4.69, 9.17) is 5.73 Å². The lowest BCUT2D eigenvalue weighted by Crippen LogP contribution is -2.16. The van der Waals surface area contributed by atoms with Gasteiger partial charge in [-0.05, 0) is 43.7 Å². The molecule has 0 saturated heterocycles. The summed E-state index contributed by atoms with van der Waals surface area (Å²) < 4.78 is 25.7. The molecule has 1 amide bonds. The molecule has 0 radical (unpaired) electrons. The van der Waals surface area contributed by atoms with Crippen molar-refractivity contribution in [2.24, 2.45) is 5.73 Å². The van der Waals surface area contributed by atoms with Crippen LogP contribution in [0.15, 0.2) is 24.3 Å². The molecule has 1 aromatic carbocycles. The van der Waals surface area contributed by atoms with Crippen LogP contribution in [-0.4, -0.2) is 26.6 Å². The van der Waals surface area contributed by atoms with Crippen LogP contribution in [0.1, 0.15) is 26.2 Å². The van der Waals surface area contributed by atoms with Gasteiger partial charge in [0.1, 0.15) is 0 Å². The second kappa shape index (κ2) is 9.59. The highest BCUT2D eigenvalue weighted by molar-refractivity contribution is 7.92. The lowest BCUT2D eigenvalue weighted by Gasteiger charge is -2.08. The van der Waals surface area contributed by atoms with E-state index in [1.165, 1.54) is 0 Å². The van der Waals surface area contributed by atoms with Crippen LogP contribution in [0.4, 0.5) is 11.4 Å². The fraction of sp³-hybridized carbons (Fsp3) is 0.462. The van der Waals surface area contributed by atoms with Crippen LogP contribution < -0.4 is 15.8 Å². The van der Waals surface area contributed by atoms with E-state index < -0.39 is 10.0 Å². The van der Waals surface area contributed by atoms with Gasteiger partial charge in [0.2, 0.25) is 15.9 Å². The topological polar surface area (TPSA) is 101 Å². The predicted octanol–water partition coefficient (Wildman–Crippen LogP) is 1.94. The van der Waals surface area contributed by atoms with E-state index in [0.29, 0.717) is 37.2 Å². The first-order valence-corrected chi connectivity index (χ1v) is 8.22. The Hall–Kier alpha value is -1.31. The Morgan fingerprint density at radius 1 is 1.19 bits per heavy atom. The number of sulfonamides is 1. The number of carbonyl (C=O) groups excluding carboxylic acids is 1. The van der Waals surface area contributed by atoms with Crippen molar-refractivity contribution in [3.63, 3.8) is 0 Å². The number of nitrogens with one attached hydrogen (secondary N) is 2. The molecule has 0 saturated carbocycles. The predicted molar refractivity (Wildman–Crippen MR) is 88.3 cm³/mol. The summed E-state index contributed by atoms with van der Waals surface area (Å²) >= 11 is 0. The zero-order valence-electron chi connectivity index (χ0n) is 12.0. The average molecular weight is 336 g/mol. The molecule has 0 unspecified atom stereocenters. The van der Waals surface area contributed by atoms with Gasteiger partial charge in [-0.25, -0.2) is 8.42 Å². The first-order chi connectivity index (χ1) is 9.46. The average Bonchev–Trinajstić information content (AvgIpc) is 2.38. The number of halogens is 1. The Bertz CT molecular complexity index is 532. The van der Waals surface area contributed by atoms with E-state index in [2.05, 4.69) is 10.0 Å². The summed E-state index contributed by atoms with van der Waals surface area (Å²) in [5.74, 6) is -0.0142. The van der Waals surface area contributed by atoms with Gasteiger partial charge >= 0.3 is 0 Å². The standard InChI is InChI=1S/C13H21N3O3S.ClH/c1-2-10-20(18,19)16-12-7-5-11(6-8-12)15-13(17)4-3-9-14;/h5-8,16H,2-4,9-10,14H2,1H3,(H,15,17);1H. The van der Waals surface area contributed by atoms with Crippen LogP contribution in [0.3, 0.4) is 0 Å². The molecule has 1 aromatic rings. The van der Waals surface area contributed by atoms with Gasteiger partial charge in [0.15, 0.2) is 0 Å². The van der Waals surface area contributed by atoms with Crippen molar-refractivity contribution in [2.45, 2.75) is 26.2 Å². The van der Waals surface area contributed by atoms with Crippen molar-refractivity contribution in [1.82, 2.24) is 0 Å². The molecule has 21 heavy (non-hydrogen) atoms. The Labute approximate surface area is 132 Å². The lowest BCUT2D eigenvalue weighted by molar-refractivity contribution is -0.116. The molecule has 6 nitrogen and oxygen atoms in total. The zero-order chi connectivity index (χ0) is 15.0. The van der Waals surface area contributed by atoms with Crippen molar-refractivity contribution in [3.8, 4) is 0 Å². The van der Waals surface area contributed by atoms with E-state index in [1.54, 1.807) is 31.2 Å². The fourth-order valence-electron chi connectivity index (χ4n) is 1.61. The van der Waals surface area contributed by atoms with E-state index >= 15 is 0 Å². The normalized spacial score (nSPS) is 10.6. The van der Waals surface area contributed by atoms with Crippen molar-refractivity contribution < 1.29 is 13.2 Å². The summed E-state index contributed by atoms with van der Waals surface area (Å²) in [6.45, 7) is 2.28. The molecule has 0 bridgehead atoms. The molecule has 8 heteroatoms. The number of rotatable bonds is 8. The quantitative estimate of drug-likeness (QED) is 0.675. The van der Waals surface area contributed by atoms with Crippen LogP contribution in [-0.2, 0) is 14.8 Å². The second-order valence-electron chi connectivity index (χ2n) is 4.44. The maximum atomic E-state index is 11.6. The summed E-state index contributed by atoms with van der Waals surface area (Å²) in [6, 6.07) is 6.55. The number of amides is 1. The fourth-order valence-corrected chi connectivity index (χ4v) is 2.74. The van der Waals surface area contributed by atoms with Gasteiger partial charge < -0.3 is 11.1 Å². The van der Waals surface area contributed by atoms with E-state index in [0.717, 1.165) is 0 Å². The number of anilines is 2. The van der Waals surface area contributed by atoms with E-state index in [9.17, 15) is 13.2 Å².